The van der Waals surface area contributed by atoms with Crippen LogP contribution in [0.5, 0.6) is 0 Å². The topological polar surface area (TPSA) is 60.0 Å². The molecule has 1 saturated heterocycles. The fraction of sp³-hybridized carbons (Fsp3) is 0.643. The Morgan fingerprint density at radius 2 is 2.25 bits per heavy atom. The number of likely N-dealkylation sites (tertiary alicyclic amines) is 1. The van der Waals surface area contributed by atoms with Gasteiger partial charge in [-0.05, 0) is 19.4 Å². The summed E-state index contributed by atoms with van der Waals surface area (Å²) in [5, 5.41) is 12.5. The molecule has 0 amide bonds. The number of aryl methyl sites for hydroxylation is 1. The van der Waals surface area contributed by atoms with Crippen LogP contribution in [-0.4, -0.2) is 31.4 Å². The van der Waals surface area contributed by atoms with Crippen molar-refractivity contribution in [2.24, 2.45) is 7.05 Å². The molecule has 0 N–H and O–H groups in total. The average molecular weight is 275 g/mol. The Morgan fingerprint density at radius 1 is 1.40 bits per heavy atom. The van der Waals surface area contributed by atoms with Crippen molar-refractivity contribution < 1.29 is 4.42 Å². The van der Waals surface area contributed by atoms with E-state index in [1.807, 2.05) is 17.9 Å². The van der Waals surface area contributed by atoms with Crippen LogP contribution in [0.15, 0.2) is 16.8 Å². The smallest absolute Gasteiger partial charge is 0.230 e. The molecule has 1 fully saturated rings. The van der Waals surface area contributed by atoms with E-state index in [0.29, 0.717) is 11.9 Å². The number of rotatable bonds is 4. The highest BCUT2D eigenvalue weighted by molar-refractivity contribution is 5.12. The maximum absolute atomic E-state index is 5.71. The summed E-state index contributed by atoms with van der Waals surface area (Å²) in [5.41, 5.74) is 1.27. The molecule has 1 aliphatic heterocycles. The van der Waals surface area contributed by atoms with E-state index in [4.69, 9.17) is 4.42 Å². The summed E-state index contributed by atoms with van der Waals surface area (Å²) in [6.07, 6.45) is 6.41. The van der Waals surface area contributed by atoms with Gasteiger partial charge in [0.15, 0.2) is 0 Å². The Hall–Kier alpha value is -1.69. The SMILES string of the molecule is CC(C)c1nnc(CN2CCCC2c2cnn(C)c2)o1. The quantitative estimate of drug-likeness (QED) is 0.856. The summed E-state index contributed by atoms with van der Waals surface area (Å²) in [5.74, 6) is 1.71. The van der Waals surface area contributed by atoms with Gasteiger partial charge in [0, 0.05) is 30.8 Å². The molecule has 1 atom stereocenters. The first-order valence-electron chi connectivity index (χ1n) is 7.18. The first kappa shape index (κ1) is 13.3. The van der Waals surface area contributed by atoms with Crippen molar-refractivity contribution in [2.45, 2.75) is 45.2 Å². The van der Waals surface area contributed by atoms with Crippen LogP contribution in [0, 0.1) is 0 Å². The number of aromatic nitrogens is 4. The molecule has 6 nitrogen and oxygen atoms in total. The average Bonchev–Trinajstić information content (AvgIpc) is 3.09. The number of hydrogen-bond acceptors (Lipinski definition) is 5. The molecule has 1 unspecified atom stereocenters. The highest BCUT2D eigenvalue weighted by atomic mass is 16.4. The summed E-state index contributed by atoms with van der Waals surface area (Å²) < 4.78 is 7.57. The molecule has 0 bridgehead atoms. The van der Waals surface area contributed by atoms with Gasteiger partial charge in [0.2, 0.25) is 11.8 Å². The third-order valence-electron chi connectivity index (χ3n) is 3.79. The van der Waals surface area contributed by atoms with Crippen molar-refractivity contribution in [1.29, 1.82) is 0 Å². The predicted molar refractivity (Wildman–Crippen MR) is 74.0 cm³/mol. The van der Waals surface area contributed by atoms with Crippen LogP contribution in [0.4, 0.5) is 0 Å². The number of nitrogens with zero attached hydrogens (tertiary/aromatic N) is 5. The summed E-state index contributed by atoms with van der Waals surface area (Å²) in [4.78, 5) is 2.40. The van der Waals surface area contributed by atoms with Gasteiger partial charge in [-0.2, -0.15) is 5.10 Å². The lowest BCUT2D eigenvalue weighted by molar-refractivity contribution is 0.220. The second-order valence-corrected chi connectivity index (χ2v) is 5.76. The van der Waals surface area contributed by atoms with Crippen LogP contribution < -0.4 is 0 Å². The summed E-state index contributed by atoms with van der Waals surface area (Å²) >= 11 is 0. The largest absolute Gasteiger partial charge is 0.424 e. The molecule has 1 aliphatic rings. The Kier molecular flexibility index (Phi) is 3.56. The molecule has 0 spiro atoms. The van der Waals surface area contributed by atoms with Gasteiger partial charge in [-0.15, -0.1) is 10.2 Å². The molecule has 0 aromatic carbocycles. The fourth-order valence-electron chi connectivity index (χ4n) is 2.74. The van der Waals surface area contributed by atoms with Crippen LogP contribution in [-0.2, 0) is 13.6 Å². The lowest BCUT2D eigenvalue weighted by Crippen LogP contribution is -2.22. The second kappa shape index (κ2) is 5.36. The Morgan fingerprint density at radius 3 is 2.90 bits per heavy atom. The zero-order chi connectivity index (χ0) is 14.1. The van der Waals surface area contributed by atoms with E-state index in [2.05, 4.69) is 40.2 Å². The van der Waals surface area contributed by atoms with Crippen molar-refractivity contribution in [2.75, 3.05) is 6.54 Å². The normalized spacial score (nSPS) is 20.1. The first-order chi connectivity index (χ1) is 9.63. The molecule has 0 aliphatic carbocycles. The fourth-order valence-corrected chi connectivity index (χ4v) is 2.74. The van der Waals surface area contributed by atoms with E-state index in [0.717, 1.165) is 25.4 Å². The molecule has 6 heteroatoms. The molecular formula is C14H21N5O. The molecule has 20 heavy (non-hydrogen) atoms. The predicted octanol–water partition coefficient (Wildman–Crippen LogP) is 2.26. The minimum Gasteiger partial charge on any atom is -0.424 e. The van der Waals surface area contributed by atoms with Gasteiger partial charge < -0.3 is 4.42 Å². The van der Waals surface area contributed by atoms with Gasteiger partial charge in [-0.3, -0.25) is 9.58 Å². The van der Waals surface area contributed by atoms with Gasteiger partial charge >= 0.3 is 0 Å². The Labute approximate surface area is 118 Å². The van der Waals surface area contributed by atoms with Gasteiger partial charge in [-0.25, -0.2) is 0 Å². The first-order valence-corrected chi connectivity index (χ1v) is 7.18. The lowest BCUT2D eigenvalue weighted by Gasteiger charge is -2.21. The van der Waals surface area contributed by atoms with E-state index in [-0.39, 0.29) is 5.92 Å². The highest BCUT2D eigenvalue weighted by Gasteiger charge is 2.28. The van der Waals surface area contributed by atoms with E-state index in [1.54, 1.807) is 0 Å². The molecule has 2 aromatic rings. The molecule has 2 aromatic heterocycles. The van der Waals surface area contributed by atoms with Gasteiger partial charge in [0.05, 0.1) is 12.7 Å². The van der Waals surface area contributed by atoms with Crippen LogP contribution in [0.2, 0.25) is 0 Å². The van der Waals surface area contributed by atoms with Crippen molar-refractivity contribution in [3.05, 3.63) is 29.7 Å². The van der Waals surface area contributed by atoms with E-state index < -0.39 is 0 Å². The molecule has 0 saturated carbocycles. The molecule has 108 valence electrons. The summed E-state index contributed by atoms with van der Waals surface area (Å²) in [6, 6.07) is 0.415. The zero-order valence-electron chi connectivity index (χ0n) is 12.3. The molecule has 3 rings (SSSR count). The van der Waals surface area contributed by atoms with E-state index in [9.17, 15) is 0 Å². The molecule has 0 radical (unpaired) electrons. The number of hydrogen-bond donors (Lipinski definition) is 0. The third-order valence-corrected chi connectivity index (χ3v) is 3.79. The standard InChI is InChI=1S/C14H21N5O/c1-10(2)14-17-16-13(20-14)9-19-6-4-5-12(19)11-7-15-18(3)8-11/h7-8,10,12H,4-6,9H2,1-3H3. The maximum atomic E-state index is 5.71. The van der Waals surface area contributed by atoms with Crippen molar-refractivity contribution in [3.63, 3.8) is 0 Å². The third kappa shape index (κ3) is 2.60. The lowest BCUT2D eigenvalue weighted by atomic mass is 10.1. The minimum atomic E-state index is 0.281. The van der Waals surface area contributed by atoms with Crippen LogP contribution in [0.1, 0.15) is 56.0 Å². The van der Waals surface area contributed by atoms with E-state index in [1.165, 1.54) is 12.0 Å². The monoisotopic (exact) mass is 275 g/mol. The van der Waals surface area contributed by atoms with Gasteiger partial charge in [-0.1, -0.05) is 13.8 Å². The van der Waals surface area contributed by atoms with Gasteiger partial charge in [0.25, 0.3) is 0 Å². The summed E-state index contributed by atoms with van der Waals surface area (Å²) in [6.45, 7) is 5.91. The molecule has 3 heterocycles. The summed E-state index contributed by atoms with van der Waals surface area (Å²) in [7, 11) is 1.95. The van der Waals surface area contributed by atoms with Crippen molar-refractivity contribution in [3.8, 4) is 0 Å². The van der Waals surface area contributed by atoms with Crippen molar-refractivity contribution in [1.82, 2.24) is 24.9 Å². The van der Waals surface area contributed by atoms with Crippen LogP contribution in [0.25, 0.3) is 0 Å². The van der Waals surface area contributed by atoms with Gasteiger partial charge in [0.1, 0.15) is 0 Å². The zero-order valence-corrected chi connectivity index (χ0v) is 12.3. The Balaban J connectivity index is 1.72. The second-order valence-electron chi connectivity index (χ2n) is 5.76. The Bertz CT molecular complexity index is 574. The molecular weight excluding hydrogens is 254 g/mol. The van der Waals surface area contributed by atoms with E-state index >= 15 is 0 Å². The highest BCUT2D eigenvalue weighted by Crippen LogP contribution is 2.32. The maximum Gasteiger partial charge on any atom is 0.230 e. The van der Waals surface area contributed by atoms with Crippen LogP contribution in [0.3, 0.4) is 0 Å². The van der Waals surface area contributed by atoms with Crippen molar-refractivity contribution >= 4 is 0 Å². The van der Waals surface area contributed by atoms with Crippen LogP contribution >= 0.6 is 0 Å². The minimum absolute atomic E-state index is 0.281.